The molecule has 2 rings (SSSR count). The van der Waals surface area contributed by atoms with E-state index in [4.69, 9.17) is 0 Å². The summed E-state index contributed by atoms with van der Waals surface area (Å²) in [6, 6.07) is 2.49. The first kappa shape index (κ1) is 14.8. The first-order valence-corrected chi connectivity index (χ1v) is 6.75. The second-order valence-corrected chi connectivity index (χ2v) is 5.37. The SMILES string of the molecule is CC(=O)c1[nH]ncc1NC(=O)c1c(P)cc(F)cc1P. The van der Waals surface area contributed by atoms with Gasteiger partial charge in [0.1, 0.15) is 11.5 Å². The Balaban J connectivity index is 2.34. The molecule has 0 spiro atoms. The Morgan fingerprint density at radius 3 is 2.45 bits per heavy atom. The molecule has 2 aromatic rings. The minimum atomic E-state index is -0.441. The average molecular weight is 311 g/mol. The van der Waals surface area contributed by atoms with Gasteiger partial charge in [-0.1, -0.05) is 0 Å². The smallest absolute Gasteiger partial charge is 0.257 e. The Bertz CT molecular complexity index is 677. The molecule has 0 radical (unpaired) electrons. The summed E-state index contributed by atoms with van der Waals surface area (Å²) in [7, 11) is 4.62. The number of carbonyl (C=O) groups excluding carboxylic acids is 2. The van der Waals surface area contributed by atoms with Gasteiger partial charge in [0.25, 0.3) is 5.91 Å². The number of nitrogens with one attached hydrogen (secondary N) is 2. The normalized spacial score (nSPS) is 10.4. The minimum absolute atomic E-state index is 0.219. The van der Waals surface area contributed by atoms with E-state index < -0.39 is 11.7 Å². The minimum Gasteiger partial charge on any atom is -0.319 e. The van der Waals surface area contributed by atoms with Gasteiger partial charge >= 0.3 is 0 Å². The molecule has 0 saturated carbocycles. The highest BCUT2D eigenvalue weighted by Gasteiger charge is 2.17. The fraction of sp³-hybridized carbons (Fsp3) is 0.0833. The third-order valence-electron chi connectivity index (χ3n) is 2.63. The van der Waals surface area contributed by atoms with Gasteiger partial charge in [-0.3, -0.25) is 14.7 Å². The van der Waals surface area contributed by atoms with Gasteiger partial charge in [0, 0.05) is 6.92 Å². The number of anilines is 1. The molecule has 8 heteroatoms. The average Bonchev–Trinajstić information content (AvgIpc) is 2.75. The van der Waals surface area contributed by atoms with Crippen LogP contribution in [0.25, 0.3) is 0 Å². The Hall–Kier alpha value is -1.64. The number of ketones is 1. The van der Waals surface area contributed by atoms with Crippen LogP contribution in [0.5, 0.6) is 0 Å². The monoisotopic (exact) mass is 311 g/mol. The number of Topliss-reactive ketones (excluding diaryl/α,β-unsaturated/α-hetero) is 1. The van der Waals surface area contributed by atoms with Gasteiger partial charge in [-0.15, -0.1) is 18.5 Å². The molecule has 104 valence electrons. The molecule has 5 nitrogen and oxygen atoms in total. The number of hydrogen-bond acceptors (Lipinski definition) is 3. The number of H-pyrrole nitrogens is 1. The molecule has 2 N–H and O–H groups in total. The summed E-state index contributed by atoms with van der Waals surface area (Å²) in [5.41, 5.74) is 0.828. The molecule has 1 aromatic carbocycles. The van der Waals surface area contributed by atoms with Crippen molar-refractivity contribution in [2.75, 3.05) is 5.32 Å². The third-order valence-corrected chi connectivity index (χ3v) is 3.54. The zero-order valence-electron chi connectivity index (χ0n) is 10.5. The van der Waals surface area contributed by atoms with Crippen molar-refractivity contribution >= 4 is 46.5 Å². The predicted octanol–water partition coefficient (Wildman–Crippen LogP) is 1.00. The van der Waals surface area contributed by atoms with Crippen LogP contribution >= 0.6 is 18.5 Å². The van der Waals surface area contributed by atoms with E-state index in [0.717, 1.165) is 0 Å². The highest BCUT2D eigenvalue weighted by molar-refractivity contribution is 7.30. The van der Waals surface area contributed by atoms with E-state index in [9.17, 15) is 14.0 Å². The highest BCUT2D eigenvalue weighted by Crippen LogP contribution is 2.14. The maximum absolute atomic E-state index is 13.2. The van der Waals surface area contributed by atoms with Crippen LogP contribution in [0.2, 0.25) is 0 Å². The number of carbonyl (C=O) groups is 2. The van der Waals surface area contributed by atoms with E-state index in [2.05, 4.69) is 34.0 Å². The standard InChI is InChI=1S/C12H12FN3O2P2/c1-5(17)11-7(4-14-16-11)15-12(18)10-8(19)2-6(13)3-9(10)20/h2-4H,19-20H2,1H3,(H,14,16)(H,15,18). The summed E-state index contributed by atoms with van der Waals surface area (Å²) in [5.74, 6) is -1.11. The van der Waals surface area contributed by atoms with Crippen LogP contribution in [0.4, 0.5) is 10.1 Å². The molecular formula is C12H12FN3O2P2. The lowest BCUT2D eigenvalue weighted by molar-refractivity contribution is 0.101. The van der Waals surface area contributed by atoms with Gasteiger partial charge in [-0.2, -0.15) is 5.10 Å². The van der Waals surface area contributed by atoms with Gasteiger partial charge < -0.3 is 5.32 Å². The summed E-state index contributed by atoms with van der Waals surface area (Å²) in [4.78, 5) is 23.6. The van der Waals surface area contributed by atoms with Crippen molar-refractivity contribution in [1.82, 2.24) is 10.2 Å². The summed E-state index contributed by atoms with van der Waals surface area (Å²) < 4.78 is 13.2. The van der Waals surface area contributed by atoms with Gasteiger partial charge in [0.05, 0.1) is 17.4 Å². The molecule has 2 unspecified atom stereocenters. The quantitative estimate of drug-likeness (QED) is 0.656. The second kappa shape index (κ2) is 5.78. The number of benzene rings is 1. The van der Waals surface area contributed by atoms with Crippen molar-refractivity contribution < 1.29 is 14.0 Å². The Kier molecular flexibility index (Phi) is 4.26. The summed E-state index contributed by atoms with van der Waals surface area (Å²) in [6.07, 6.45) is 1.35. The zero-order valence-corrected chi connectivity index (χ0v) is 12.8. The molecule has 0 aliphatic heterocycles. The van der Waals surface area contributed by atoms with Crippen LogP contribution in [0, 0.1) is 5.82 Å². The lowest BCUT2D eigenvalue weighted by Crippen LogP contribution is -2.25. The van der Waals surface area contributed by atoms with Crippen LogP contribution in [0.3, 0.4) is 0 Å². The largest absolute Gasteiger partial charge is 0.319 e. The van der Waals surface area contributed by atoms with Crippen LogP contribution in [0.1, 0.15) is 27.8 Å². The predicted molar refractivity (Wildman–Crippen MR) is 81.6 cm³/mol. The molecule has 1 amide bonds. The van der Waals surface area contributed by atoms with Crippen molar-refractivity contribution in [1.29, 1.82) is 0 Å². The van der Waals surface area contributed by atoms with Crippen LogP contribution < -0.4 is 15.9 Å². The number of aromatic amines is 1. The topological polar surface area (TPSA) is 74.8 Å². The third kappa shape index (κ3) is 2.92. The summed E-state index contributed by atoms with van der Waals surface area (Å²) >= 11 is 0. The van der Waals surface area contributed by atoms with Crippen molar-refractivity contribution in [2.24, 2.45) is 0 Å². The molecule has 0 aliphatic carbocycles. The number of amides is 1. The van der Waals surface area contributed by atoms with Gasteiger partial charge in [-0.05, 0) is 22.7 Å². The van der Waals surface area contributed by atoms with Gasteiger partial charge in [-0.25, -0.2) is 4.39 Å². The van der Waals surface area contributed by atoms with E-state index in [1.54, 1.807) is 0 Å². The van der Waals surface area contributed by atoms with Crippen LogP contribution in [0.15, 0.2) is 18.3 Å². The molecule has 0 fully saturated rings. The van der Waals surface area contributed by atoms with Gasteiger partial charge in [0.2, 0.25) is 0 Å². The highest BCUT2D eigenvalue weighted by atomic mass is 31.0. The number of aromatic nitrogens is 2. The lowest BCUT2D eigenvalue weighted by atomic mass is 10.2. The molecule has 20 heavy (non-hydrogen) atoms. The molecule has 1 aromatic heterocycles. The molecular weight excluding hydrogens is 299 g/mol. The molecule has 0 bridgehead atoms. The first-order valence-electron chi connectivity index (χ1n) is 5.60. The Morgan fingerprint density at radius 1 is 1.30 bits per heavy atom. The summed E-state index contributed by atoms with van der Waals surface area (Å²) in [5, 5.41) is 9.68. The molecule has 1 heterocycles. The van der Waals surface area contributed by atoms with Crippen molar-refractivity contribution in [3.63, 3.8) is 0 Å². The van der Waals surface area contributed by atoms with Gasteiger partial charge in [0.15, 0.2) is 5.78 Å². The van der Waals surface area contributed by atoms with Crippen LogP contribution in [-0.4, -0.2) is 21.9 Å². The second-order valence-electron chi connectivity index (χ2n) is 4.13. The Labute approximate surface area is 119 Å². The fourth-order valence-electron chi connectivity index (χ4n) is 1.75. The Morgan fingerprint density at radius 2 is 1.90 bits per heavy atom. The molecule has 0 saturated heterocycles. The van der Waals surface area contributed by atoms with Crippen molar-refractivity contribution in [3.05, 3.63) is 35.4 Å². The number of hydrogen-bond donors (Lipinski definition) is 2. The van der Waals surface area contributed by atoms with Crippen molar-refractivity contribution in [2.45, 2.75) is 6.92 Å². The van der Waals surface area contributed by atoms with Crippen LogP contribution in [-0.2, 0) is 0 Å². The zero-order chi connectivity index (χ0) is 14.9. The molecule has 2 atom stereocenters. The van der Waals surface area contributed by atoms with E-state index in [0.29, 0.717) is 21.9 Å². The maximum Gasteiger partial charge on any atom is 0.257 e. The number of rotatable bonds is 3. The van der Waals surface area contributed by atoms with Crippen molar-refractivity contribution in [3.8, 4) is 0 Å². The first-order chi connectivity index (χ1) is 9.40. The van der Waals surface area contributed by atoms with E-state index >= 15 is 0 Å². The maximum atomic E-state index is 13.2. The summed E-state index contributed by atoms with van der Waals surface area (Å²) in [6.45, 7) is 1.36. The molecule has 0 aliphatic rings. The number of nitrogens with zero attached hydrogens (tertiary/aromatic N) is 1. The van der Waals surface area contributed by atoms with E-state index in [1.807, 2.05) is 0 Å². The lowest BCUT2D eigenvalue weighted by Gasteiger charge is -2.10. The number of halogens is 1. The van der Waals surface area contributed by atoms with E-state index in [1.165, 1.54) is 25.3 Å². The van der Waals surface area contributed by atoms with E-state index in [-0.39, 0.29) is 11.5 Å². The fourth-order valence-corrected chi connectivity index (χ4v) is 2.83.